The average Bonchev–Trinajstić information content (AvgIpc) is 2.12. The molecule has 0 fully saturated rings. The van der Waals surface area contributed by atoms with E-state index in [-0.39, 0.29) is 10.8 Å². The molecule has 0 spiro atoms. The summed E-state index contributed by atoms with van der Waals surface area (Å²) in [5, 5.41) is 0.266. The second-order valence-corrected chi connectivity index (χ2v) is 4.01. The van der Waals surface area contributed by atoms with Gasteiger partial charge in [-0.2, -0.15) is 4.98 Å². The van der Waals surface area contributed by atoms with Gasteiger partial charge in [-0.25, -0.2) is 4.79 Å². The third kappa shape index (κ3) is 1.39. The first-order valence-electron chi connectivity index (χ1n) is 4.60. The van der Waals surface area contributed by atoms with E-state index >= 15 is 0 Å². The van der Waals surface area contributed by atoms with Crippen LogP contribution in [0.1, 0.15) is 13.3 Å². The summed E-state index contributed by atoms with van der Waals surface area (Å²) in [5.41, 5.74) is -0.258. The van der Waals surface area contributed by atoms with Gasteiger partial charge in [-0.15, -0.1) is 0 Å². The minimum atomic E-state index is -0.258. The summed E-state index contributed by atoms with van der Waals surface area (Å²) in [7, 11) is 1.96. The molecule has 0 N–H and O–H groups in total. The van der Waals surface area contributed by atoms with Crippen LogP contribution in [0, 0.1) is 0 Å². The van der Waals surface area contributed by atoms with Gasteiger partial charge < -0.3 is 4.90 Å². The smallest absolute Gasteiger partial charge is 0.350 e. The van der Waals surface area contributed by atoms with E-state index in [9.17, 15) is 4.79 Å². The molecule has 2 heterocycles. The summed E-state index contributed by atoms with van der Waals surface area (Å²) in [6, 6.07) is 2.17. The largest absolute Gasteiger partial charge is 0.358 e. The summed E-state index contributed by atoms with van der Waals surface area (Å²) in [6.07, 6.45) is 0.965. The Kier molecular flexibility index (Phi) is 2.23. The molecule has 4 nitrogen and oxygen atoms in total. The highest BCUT2D eigenvalue weighted by molar-refractivity contribution is 6.29. The van der Waals surface area contributed by atoms with Gasteiger partial charge in [-0.05, 0) is 13.3 Å². The minimum absolute atomic E-state index is 0.258. The van der Waals surface area contributed by atoms with Gasteiger partial charge in [0, 0.05) is 25.7 Å². The molecule has 1 atom stereocenters. The summed E-state index contributed by atoms with van der Waals surface area (Å²) < 4.78 is 1.66. The number of nitrogens with zero attached hydrogens (tertiary/aromatic N) is 3. The monoisotopic (exact) mass is 213 g/mol. The van der Waals surface area contributed by atoms with Crippen LogP contribution in [0.2, 0.25) is 5.15 Å². The van der Waals surface area contributed by atoms with Crippen molar-refractivity contribution >= 4 is 17.4 Å². The molecule has 0 amide bonds. The van der Waals surface area contributed by atoms with Crippen molar-refractivity contribution in [3.63, 3.8) is 0 Å². The van der Waals surface area contributed by atoms with E-state index in [4.69, 9.17) is 11.6 Å². The van der Waals surface area contributed by atoms with Crippen molar-refractivity contribution in [1.82, 2.24) is 9.55 Å². The first-order valence-corrected chi connectivity index (χ1v) is 4.97. The summed E-state index contributed by atoms with van der Waals surface area (Å²) in [4.78, 5) is 17.2. The van der Waals surface area contributed by atoms with E-state index < -0.39 is 0 Å². The number of hydrogen-bond acceptors (Lipinski definition) is 3. The highest BCUT2D eigenvalue weighted by atomic mass is 35.5. The van der Waals surface area contributed by atoms with Crippen LogP contribution in [0.4, 0.5) is 5.82 Å². The quantitative estimate of drug-likeness (QED) is 0.607. The zero-order valence-electron chi connectivity index (χ0n) is 8.20. The van der Waals surface area contributed by atoms with Crippen LogP contribution >= 0.6 is 11.6 Å². The topological polar surface area (TPSA) is 38.1 Å². The Morgan fingerprint density at radius 1 is 1.64 bits per heavy atom. The molecule has 5 heteroatoms. The molecule has 0 aliphatic carbocycles. The number of anilines is 1. The van der Waals surface area contributed by atoms with Gasteiger partial charge >= 0.3 is 5.69 Å². The van der Waals surface area contributed by atoms with Crippen molar-refractivity contribution in [3.05, 3.63) is 21.7 Å². The number of hydrogen-bond donors (Lipinski definition) is 0. The molecule has 0 bridgehead atoms. The molecule has 0 radical (unpaired) electrons. The van der Waals surface area contributed by atoms with Crippen molar-refractivity contribution in [3.8, 4) is 0 Å². The van der Waals surface area contributed by atoms with Crippen LogP contribution in [-0.2, 0) is 6.54 Å². The molecular weight excluding hydrogens is 202 g/mol. The van der Waals surface area contributed by atoms with E-state index in [2.05, 4.69) is 16.8 Å². The molecule has 2 rings (SSSR count). The van der Waals surface area contributed by atoms with Crippen LogP contribution in [0.3, 0.4) is 0 Å². The van der Waals surface area contributed by atoms with Crippen LogP contribution in [0.25, 0.3) is 0 Å². The summed E-state index contributed by atoms with van der Waals surface area (Å²) in [5.74, 6) is 0.855. The molecule has 1 aromatic heterocycles. The first kappa shape index (κ1) is 9.52. The zero-order valence-corrected chi connectivity index (χ0v) is 8.95. The van der Waals surface area contributed by atoms with Crippen LogP contribution < -0.4 is 10.6 Å². The lowest BCUT2D eigenvalue weighted by molar-refractivity contribution is 0.480. The molecule has 1 aromatic rings. The normalized spacial score (nSPS) is 20.8. The van der Waals surface area contributed by atoms with Crippen LogP contribution in [0.5, 0.6) is 0 Å². The Labute approximate surface area is 87.1 Å². The van der Waals surface area contributed by atoms with E-state index in [0.717, 1.165) is 18.8 Å². The fraction of sp³-hybridized carbons (Fsp3) is 0.556. The maximum Gasteiger partial charge on any atom is 0.350 e. The zero-order chi connectivity index (χ0) is 10.3. The third-order valence-electron chi connectivity index (χ3n) is 2.75. The van der Waals surface area contributed by atoms with Crippen LogP contribution in [0.15, 0.2) is 10.9 Å². The summed E-state index contributed by atoms with van der Waals surface area (Å²) in [6.45, 7) is 2.85. The molecule has 1 aliphatic heterocycles. The Morgan fingerprint density at radius 2 is 2.36 bits per heavy atom. The van der Waals surface area contributed by atoms with E-state index in [1.165, 1.54) is 0 Å². The van der Waals surface area contributed by atoms with Gasteiger partial charge in [0.15, 0.2) is 0 Å². The van der Waals surface area contributed by atoms with Gasteiger partial charge in [0.1, 0.15) is 11.0 Å². The van der Waals surface area contributed by atoms with Crippen molar-refractivity contribution in [1.29, 1.82) is 0 Å². The highest BCUT2D eigenvalue weighted by Gasteiger charge is 2.21. The predicted octanol–water partition coefficient (Wildman–Crippen LogP) is 1.13. The van der Waals surface area contributed by atoms with E-state index in [1.54, 1.807) is 10.6 Å². The van der Waals surface area contributed by atoms with Crippen molar-refractivity contribution in [2.75, 3.05) is 11.9 Å². The number of aromatic nitrogens is 2. The summed E-state index contributed by atoms with van der Waals surface area (Å²) >= 11 is 5.74. The van der Waals surface area contributed by atoms with Gasteiger partial charge in [-0.1, -0.05) is 11.6 Å². The Morgan fingerprint density at radius 3 is 3.07 bits per heavy atom. The molecule has 0 saturated heterocycles. The second-order valence-electron chi connectivity index (χ2n) is 3.62. The Hall–Kier alpha value is -1.03. The maximum atomic E-state index is 11.5. The van der Waals surface area contributed by atoms with Gasteiger partial charge in [0.05, 0.1) is 0 Å². The standard InChI is InChI=1S/C9H12ClN3O/c1-6-3-4-13-8(12(6)2)5-7(10)11-9(13)14/h5-6H,3-4H2,1-2H3/t6-/m1/s1. The van der Waals surface area contributed by atoms with Crippen molar-refractivity contribution < 1.29 is 0 Å². The lowest BCUT2D eigenvalue weighted by Gasteiger charge is -2.33. The fourth-order valence-electron chi connectivity index (χ4n) is 1.70. The van der Waals surface area contributed by atoms with E-state index in [1.807, 2.05) is 7.05 Å². The van der Waals surface area contributed by atoms with Crippen molar-refractivity contribution in [2.45, 2.75) is 25.9 Å². The molecular formula is C9H12ClN3O. The third-order valence-corrected chi connectivity index (χ3v) is 2.94. The maximum absolute atomic E-state index is 11.5. The van der Waals surface area contributed by atoms with Gasteiger partial charge in [0.25, 0.3) is 0 Å². The molecule has 76 valence electrons. The minimum Gasteiger partial charge on any atom is -0.358 e. The molecule has 1 aliphatic rings. The number of rotatable bonds is 0. The molecule has 14 heavy (non-hydrogen) atoms. The van der Waals surface area contributed by atoms with Crippen molar-refractivity contribution in [2.24, 2.45) is 0 Å². The highest BCUT2D eigenvalue weighted by Crippen LogP contribution is 2.22. The Bertz CT molecular complexity index is 415. The van der Waals surface area contributed by atoms with E-state index in [0.29, 0.717) is 6.04 Å². The predicted molar refractivity (Wildman–Crippen MR) is 56.0 cm³/mol. The fourth-order valence-corrected chi connectivity index (χ4v) is 1.87. The lowest BCUT2D eigenvalue weighted by Crippen LogP contribution is -2.41. The first-order chi connectivity index (χ1) is 6.59. The SMILES string of the molecule is C[C@@H]1CCn2c(cc(Cl)nc2=O)N1C. The number of fused-ring (bicyclic) bond motifs is 1. The van der Waals surface area contributed by atoms with Crippen LogP contribution in [-0.4, -0.2) is 22.6 Å². The van der Waals surface area contributed by atoms with Gasteiger partial charge in [-0.3, -0.25) is 4.57 Å². The lowest BCUT2D eigenvalue weighted by atomic mass is 10.1. The molecule has 0 aromatic carbocycles. The van der Waals surface area contributed by atoms with Gasteiger partial charge in [0.2, 0.25) is 0 Å². The Balaban J connectivity index is 2.60. The average molecular weight is 214 g/mol. The second kappa shape index (κ2) is 3.28. The molecule has 0 unspecified atom stereocenters. The molecule has 0 saturated carbocycles. The number of halogens is 1.